The van der Waals surface area contributed by atoms with Crippen LogP contribution in [0, 0.1) is 0 Å². The topological polar surface area (TPSA) is 34.1 Å². The second-order valence-corrected chi connectivity index (χ2v) is 5.51. The van der Waals surface area contributed by atoms with Gasteiger partial charge in [-0.3, -0.25) is 9.59 Å². The first kappa shape index (κ1) is 13.3. The van der Waals surface area contributed by atoms with Gasteiger partial charge < -0.3 is 0 Å². The van der Waals surface area contributed by atoms with E-state index >= 15 is 0 Å². The summed E-state index contributed by atoms with van der Waals surface area (Å²) >= 11 is 0. The van der Waals surface area contributed by atoms with E-state index in [1.165, 1.54) is 11.1 Å². The predicted octanol–water partition coefficient (Wildman–Crippen LogP) is 3.91. The number of hydrogen-bond donors (Lipinski definition) is 0. The van der Waals surface area contributed by atoms with Gasteiger partial charge in [-0.2, -0.15) is 0 Å². The zero-order valence-electron chi connectivity index (χ0n) is 11.5. The fourth-order valence-corrected chi connectivity index (χ4v) is 2.97. The number of allylic oxidation sites excluding steroid dienone is 4. The zero-order chi connectivity index (χ0) is 13.1. The largest absolute Gasteiger partial charge is 0.295 e. The van der Waals surface area contributed by atoms with Crippen LogP contribution >= 0.6 is 0 Å². The van der Waals surface area contributed by atoms with Gasteiger partial charge in [-0.05, 0) is 63.5 Å². The van der Waals surface area contributed by atoms with Crippen LogP contribution in [0.4, 0.5) is 0 Å². The Labute approximate surface area is 109 Å². The maximum Gasteiger partial charge on any atom is 0.158 e. The summed E-state index contributed by atoms with van der Waals surface area (Å²) < 4.78 is 0. The van der Waals surface area contributed by atoms with Crippen LogP contribution in [0.15, 0.2) is 22.3 Å². The third-order valence-corrected chi connectivity index (χ3v) is 4.41. The number of carbonyl (C=O) groups excluding carboxylic acids is 2. The maximum atomic E-state index is 11.4. The molecular weight excluding hydrogens is 224 g/mol. The highest BCUT2D eigenvalue weighted by Crippen LogP contribution is 2.29. The van der Waals surface area contributed by atoms with Crippen molar-refractivity contribution in [2.45, 2.75) is 65.2 Å². The van der Waals surface area contributed by atoms with E-state index in [0.717, 1.165) is 62.5 Å². The minimum atomic E-state index is 0.338. The Morgan fingerprint density at radius 3 is 1.39 bits per heavy atom. The molecule has 0 amide bonds. The quantitative estimate of drug-likeness (QED) is 0.689. The summed E-state index contributed by atoms with van der Waals surface area (Å²) in [6.07, 6.45) is 7.82. The van der Waals surface area contributed by atoms with E-state index in [1.54, 1.807) is 0 Å². The first-order chi connectivity index (χ1) is 8.59. The Balaban J connectivity index is 1.74. The lowest BCUT2D eigenvalue weighted by Gasteiger charge is -2.05. The SMILES string of the molecule is CC1=C(CCCCC2=C(C)C(=O)CC2)CCC1=O. The monoisotopic (exact) mass is 246 g/mol. The van der Waals surface area contributed by atoms with Crippen molar-refractivity contribution < 1.29 is 9.59 Å². The van der Waals surface area contributed by atoms with Crippen molar-refractivity contribution >= 4 is 11.6 Å². The minimum Gasteiger partial charge on any atom is -0.295 e. The van der Waals surface area contributed by atoms with Crippen LogP contribution in [0.1, 0.15) is 65.2 Å². The molecule has 18 heavy (non-hydrogen) atoms. The van der Waals surface area contributed by atoms with Gasteiger partial charge >= 0.3 is 0 Å². The number of hydrogen-bond acceptors (Lipinski definition) is 2. The first-order valence-corrected chi connectivity index (χ1v) is 7.03. The van der Waals surface area contributed by atoms with Crippen molar-refractivity contribution in [3.8, 4) is 0 Å². The maximum absolute atomic E-state index is 11.4. The van der Waals surface area contributed by atoms with Crippen molar-refractivity contribution in [1.82, 2.24) is 0 Å². The molecule has 2 heteroatoms. The highest BCUT2D eigenvalue weighted by atomic mass is 16.1. The number of ketones is 2. The Hall–Kier alpha value is -1.18. The molecule has 0 unspecified atom stereocenters. The molecule has 0 saturated heterocycles. The van der Waals surface area contributed by atoms with Gasteiger partial charge in [-0.15, -0.1) is 0 Å². The van der Waals surface area contributed by atoms with Crippen LogP contribution in [0.25, 0.3) is 0 Å². The van der Waals surface area contributed by atoms with Crippen molar-refractivity contribution in [1.29, 1.82) is 0 Å². The van der Waals surface area contributed by atoms with Gasteiger partial charge in [0.15, 0.2) is 11.6 Å². The van der Waals surface area contributed by atoms with Gasteiger partial charge in [0.05, 0.1) is 0 Å². The highest BCUT2D eigenvalue weighted by molar-refractivity contribution is 5.98. The van der Waals surface area contributed by atoms with Gasteiger partial charge in [0.1, 0.15) is 0 Å². The van der Waals surface area contributed by atoms with Crippen LogP contribution in [-0.2, 0) is 9.59 Å². The van der Waals surface area contributed by atoms with Gasteiger partial charge in [-0.25, -0.2) is 0 Å². The van der Waals surface area contributed by atoms with Crippen LogP contribution in [0.2, 0.25) is 0 Å². The molecule has 0 N–H and O–H groups in total. The molecule has 2 aliphatic rings. The van der Waals surface area contributed by atoms with E-state index in [4.69, 9.17) is 0 Å². The number of Topliss-reactive ketones (excluding diaryl/α,β-unsaturated/α-hetero) is 2. The Bertz CT molecular complexity index is 396. The second-order valence-electron chi connectivity index (χ2n) is 5.51. The van der Waals surface area contributed by atoms with E-state index in [1.807, 2.05) is 13.8 Å². The molecule has 0 saturated carbocycles. The molecule has 0 bridgehead atoms. The third kappa shape index (κ3) is 2.80. The van der Waals surface area contributed by atoms with E-state index in [-0.39, 0.29) is 0 Å². The summed E-state index contributed by atoms with van der Waals surface area (Å²) in [6, 6.07) is 0. The lowest BCUT2D eigenvalue weighted by atomic mass is 10.0. The summed E-state index contributed by atoms with van der Waals surface area (Å²) in [5.74, 6) is 0.676. The molecule has 0 radical (unpaired) electrons. The lowest BCUT2D eigenvalue weighted by molar-refractivity contribution is -0.115. The average molecular weight is 246 g/mol. The van der Waals surface area contributed by atoms with Crippen LogP contribution < -0.4 is 0 Å². The lowest BCUT2D eigenvalue weighted by Crippen LogP contribution is -1.91. The van der Waals surface area contributed by atoms with Gasteiger partial charge in [0, 0.05) is 12.8 Å². The molecule has 0 aromatic carbocycles. The predicted molar refractivity (Wildman–Crippen MR) is 72.4 cm³/mol. The fraction of sp³-hybridized carbons (Fsp3) is 0.625. The van der Waals surface area contributed by atoms with E-state index in [9.17, 15) is 9.59 Å². The van der Waals surface area contributed by atoms with Crippen LogP contribution in [0.5, 0.6) is 0 Å². The first-order valence-electron chi connectivity index (χ1n) is 7.03. The normalized spacial score (nSPS) is 20.6. The highest BCUT2D eigenvalue weighted by Gasteiger charge is 2.20. The molecule has 0 heterocycles. The molecular formula is C16H22O2. The standard InChI is InChI=1S/C16H22O2/c1-11-13(7-9-15(11)17)5-3-4-6-14-8-10-16(18)12(14)2/h3-10H2,1-2H3. The van der Waals surface area contributed by atoms with Crippen molar-refractivity contribution in [2.75, 3.05) is 0 Å². The Morgan fingerprint density at radius 1 is 0.722 bits per heavy atom. The van der Waals surface area contributed by atoms with E-state index in [2.05, 4.69) is 0 Å². The summed E-state index contributed by atoms with van der Waals surface area (Å²) in [4.78, 5) is 22.8. The minimum absolute atomic E-state index is 0.338. The summed E-state index contributed by atoms with van der Waals surface area (Å²) in [5, 5.41) is 0. The fourth-order valence-electron chi connectivity index (χ4n) is 2.97. The van der Waals surface area contributed by atoms with Crippen molar-refractivity contribution in [2.24, 2.45) is 0 Å². The summed E-state index contributed by atoms with van der Waals surface area (Å²) in [7, 11) is 0. The smallest absolute Gasteiger partial charge is 0.158 e. The molecule has 0 fully saturated rings. The molecule has 0 aromatic heterocycles. The number of unbranched alkanes of at least 4 members (excludes halogenated alkanes) is 1. The summed E-state index contributed by atoms with van der Waals surface area (Å²) in [6.45, 7) is 3.93. The van der Waals surface area contributed by atoms with Crippen molar-refractivity contribution in [3.05, 3.63) is 22.3 Å². The van der Waals surface area contributed by atoms with Crippen LogP contribution in [0.3, 0.4) is 0 Å². The molecule has 0 aromatic rings. The second kappa shape index (κ2) is 5.64. The van der Waals surface area contributed by atoms with Crippen molar-refractivity contribution in [3.63, 3.8) is 0 Å². The van der Waals surface area contributed by atoms with E-state index < -0.39 is 0 Å². The zero-order valence-corrected chi connectivity index (χ0v) is 11.5. The number of carbonyl (C=O) groups is 2. The molecule has 2 aliphatic carbocycles. The van der Waals surface area contributed by atoms with E-state index in [0.29, 0.717) is 11.6 Å². The van der Waals surface area contributed by atoms with Gasteiger partial charge in [0.25, 0.3) is 0 Å². The Morgan fingerprint density at radius 2 is 1.11 bits per heavy atom. The van der Waals surface area contributed by atoms with Crippen LogP contribution in [-0.4, -0.2) is 11.6 Å². The molecule has 0 atom stereocenters. The molecule has 98 valence electrons. The average Bonchev–Trinajstić information content (AvgIpc) is 2.83. The molecule has 0 aliphatic heterocycles. The number of rotatable bonds is 5. The molecule has 0 spiro atoms. The summed E-state index contributed by atoms with van der Waals surface area (Å²) in [5.41, 5.74) is 4.77. The molecule has 2 rings (SSSR count). The van der Waals surface area contributed by atoms with Gasteiger partial charge in [0.2, 0.25) is 0 Å². The van der Waals surface area contributed by atoms with Gasteiger partial charge in [-0.1, -0.05) is 11.1 Å². The Kier molecular flexibility index (Phi) is 4.15. The third-order valence-electron chi connectivity index (χ3n) is 4.41. The molecule has 2 nitrogen and oxygen atoms in total.